The van der Waals surface area contributed by atoms with Gasteiger partial charge in [-0.05, 0) is 37.1 Å². The fourth-order valence-corrected chi connectivity index (χ4v) is 2.37. The van der Waals surface area contributed by atoms with Crippen LogP contribution in [0.4, 0.5) is 0 Å². The summed E-state index contributed by atoms with van der Waals surface area (Å²) in [5.41, 5.74) is 0.699. The Morgan fingerprint density at radius 1 is 1.29 bits per heavy atom. The molecule has 0 aliphatic heterocycles. The molecule has 14 heavy (non-hydrogen) atoms. The number of hydrogen-bond donors (Lipinski definition) is 1. The van der Waals surface area contributed by atoms with Gasteiger partial charge >= 0.3 is 0 Å². The lowest BCUT2D eigenvalue weighted by molar-refractivity contribution is 0.112. The molecule has 0 aromatic rings. The fourth-order valence-electron chi connectivity index (χ4n) is 2.37. The fraction of sp³-hybridized carbons (Fsp3) is 1.00. The summed E-state index contributed by atoms with van der Waals surface area (Å²) in [5.74, 6) is 0.790. The first-order valence-electron chi connectivity index (χ1n) is 6.39. The normalized spacial score (nSPS) is 19.7. The minimum absolute atomic E-state index is 0.699. The first-order chi connectivity index (χ1) is 6.68. The van der Waals surface area contributed by atoms with Crippen LogP contribution in [0.25, 0.3) is 0 Å². The summed E-state index contributed by atoms with van der Waals surface area (Å²) in [7, 11) is 0. The van der Waals surface area contributed by atoms with Crippen molar-refractivity contribution in [2.75, 3.05) is 13.1 Å². The van der Waals surface area contributed by atoms with E-state index >= 15 is 0 Å². The highest BCUT2D eigenvalue weighted by atomic mass is 14.9. The Morgan fingerprint density at radius 3 is 2.43 bits per heavy atom. The van der Waals surface area contributed by atoms with Crippen LogP contribution in [-0.4, -0.2) is 13.1 Å². The second kappa shape index (κ2) is 5.75. The van der Waals surface area contributed by atoms with Gasteiger partial charge in [-0.15, -0.1) is 0 Å². The molecule has 1 heteroatoms. The largest absolute Gasteiger partial charge is 0.316 e. The molecule has 1 fully saturated rings. The predicted octanol–water partition coefficient (Wildman–Crippen LogP) is 3.59. The van der Waals surface area contributed by atoms with Gasteiger partial charge in [-0.25, -0.2) is 0 Å². The zero-order chi connectivity index (χ0) is 10.4. The molecule has 1 rings (SSSR count). The summed E-state index contributed by atoms with van der Waals surface area (Å²) in [6, 6.07) is 0. The first-order valence-corrected chi connectivity index (χ1v) is 6.39. The molecule has 0 heterocycles. The van der Waals surface area contributed by atoms with E-state index in [0.717, 1.165) is 5.92 Å². The average molecular weight is 197 g/mol. The molecule has 1 saturated carbocycles. The lowest BCUT2D eigenvalue weighted by Crippen LogP contribution is -2.40. The van der Waals surface area contributed by atoms with Gasteiger partial charge in [0.05, 0.1) is 0 Å². The van der Waals surface area contributed by atoms with E-state index < -0.39 is 0 Å². The molecule has 1 aliphatic rings. The summed E-state index contributed by atoms with van der Waals surface area (Å²) in [5, 5.41) is 3.64. The van der Waals surface area contributed by atoms with E-state index in [-0.39, 0.29) is 0 Å². The van der Waals surface area contributed by atoms with E-state index in [1.165, 1.54) is 51.6 Å². The number of rotatable bonds is 7. The zero-order valence-corrected chi connectivity index (χ0v) is 10.2. The molecular formula is C13H27N. The lowest BCUT2D eigenvalue weighted by atomic mass is 9.66. The summed E-state index contributed by atoms with van der Waals surface area (Å²) < 4.78 is 0. The maximum atomic E-state index is 3.64. The Labute approximate surface area is 89.7 Å². The Hall–Kier alpha value is -0.0400. The van der Waals surface area contributed by atoms with Gasteiger partial charge in [0.2, 0.25) is 0 Å². The third-order valence-electron chi connectivity index (χ3n) is 3.53. The van der Waals surface area contributed by atoms with Crippen LogP contribution in [0.15, 0.2) is 0 Å². The van der Waals surface area contributed by atoms with E-state index in [1.54, 1.807) is 0 Å². The molecule has 84 valence electrons. The maximum Gasteiger partial charge on any atom is 0.000792 e. The molecule has 1 nitrogen and oxygen atoms in total. The van der Waals surface area contributed by atoms with E-state index in [1.807, 2.05) is 0 Å². The van der Waals surface area contributed by atoms with Gasteiger partial charge < -0.3 is 5.32 Å². The first kappa shape index (κ1) is 12.0. The minimum Gasteiger partial charge on any atom is -0.316 e. The quantitative estimate of drug-likeness (QED) is 0.657. The number of hydrogen-bond acceptors (Lipinski definition) is 1. The molecule has 0 bridgehead atoms. The highest BCUT2D eigenvalue weighted by Gasteiger charge is 2.35. The summed E-state index contributed by atoms with van der Waals surface area (Å²) in [6.07, 6.45) is 8.63. The smallest absolute Gasteiger partial charge is 0.000792 e. The molecular weight excluding hydrogens is 170 g/mol. The van der Waals surface area contributed by atoms with Crippen LogP contribution in [0, 0.1) is 11.3 Å². The summed E-state index contributed by atoms with van der Waals surface area (Å²) in [4.78, 5) is 0. The molecule has 0 amide bonds. The molecule has 0 aromatic carbocycles. The lowest BCUT2D eigenvalue weighted by Gasteiger charge is -2.42. The van der Waals surface area contributed by atoms with Gasteiger partial charge in [0, 0.05) is 6.54 Å². The average Bonchev–Trinajstić information content (AvgIpc) is 2.07. The molecule has 0 atom stereocenters. The van der Waals surface area contributed by atoms with Crippen LogP contribution in [0.5, 0.6) is 0 Å². The van der Waals surface area contributed by atoms with E-state index in [0.29, 0.717) is 5.41 Å². The molecule has 1 aliphatic carbocycles. The van der Waals surface area contributed by atoms with Crippen molar-refractivity contribution in [1.82, 2.24) is 5.32 Å². The molecule has 0 unspecified atom stereocenters. The second-order valence-electron chi connectivity index (χ2n) is 5.48. The molecule has 0 spiro atoms. The molecule has 0 saturated heterocycles. The SMILES string of the molecule is CCCCC1(CNCC(C)C)CCC1. The summed E-state index contributed by atoms with van der Waals surface area (Å²) in [6.45, 7) is 9.33. The van der Waals surface area contributed by atoms with Gasteiger partial charge in [0.15, 0.2) is 0 Å². The Balaban J connectivity index is 2.16. The van der Waals surface area contributed by atoms with Crippen LogP contribution < -0.4 is 5.32 Å². The predicted molar refractivity (Wildman–Crippen MR) is 63.5 cm³/mol. The van der Waals surface area contributed by atoms with Crippen LogP contribution in [0.2, 0.25) is 0 Å². The van der Waals surface area contributed by atoms with Crippen LogP contribution in [0.1, 0.15) is 59.3 Å². The number of unbranched alkanes of at least 4 members (excludes halogenated alkanes) is 1. The van der Waals surface area contributed by atoms with E-state index in [4.69, 9.17) is 0 Å². The second-order valence-corrected chi connectivity index (χ2v) is 5.48. The van der Waals surface area contributed by atoms with Crippen molar-refractivity contribution in [2.24, 2.45) is 11.3 Å². The monoisotopic (exact) mass is 197 g/mol. The van der Waals surface area contributed by atoms with Crippen molar-refractivity contribution in [1.29, 1.82) is 0 Å². The minimum atomic E-state index is 0.699. The van der Waals surface area contributed by atoms with Crippen LogP contribution >= 0.6 is 0 Å². The Bertz CT molecular complexity index is 147. The van der Waals surface area contributed by atoms with Gasteiger partial charge in [-0.2, -0.15) is 0 Å². The third-order valence-corrected chi connectivity index (χ3v) is 3.53. The van der Waals surface area contributed by atoms with Crippen molar-refractivity contribution in [3.63, 3.8) is 0 Å². The van der Waals surface area contributed by atoms with Crippen molar-refractivity contribution >= 4 is 0 Å². The van der Waals surface area contributed by atoms with Crippen molar-refractivity contribution in [2.45, 2.75) is 59.3 Å². The molecule has 0 radical (unpaired) electrons. The van der Waals surface area contributed by atoms with Crippen molar-refractivity contribution in [3.05, 3.63) is 0 Å². The van der Waals surface area contributed by atoms with E-state index in [9.17, 15) is 0 Å². The van der Waals surface area contributed by atoms with Crippen molar-refractivity contribution < 1.29 is 0 Å². The Morgan fingerprint density at radius 2 is 2.00 bits per heavy atom. The van der Waals surface area contributed by atoms with Crippen LogP contribution in [-0.2, 0) is 0 Å². The van der Waals surface area contributed by atoms with Gasteiger partial charge in [-0.3, -0.25) is 0 Å². The van der Waals surface area contributed by atoms with Gasteiger partial charge in [0.1, 0.15) is 0 Å². The molecule has 0 aromatic heterocycles. The van der Waals surface area contributed by atoms with E-state index in [2.05, 4.69) is 26.1 Å². The highest BCUT2D eigenvalue weighted by Crippen LogP contribution is 2.44. The molecule has 1 N–H and O–H groups in total. The topological polar surface area (TPSA) is 12.0 Å². The van der Waals surface area contributed by atoms with Crippen molar-refractivity contribution in [3.8, 4) is 0 Å². The Kier molecular flexibility index (Phi) is 4.94. The van der Waals surface area contributed by atoms with Crippen LogP contribution in [0.3, 0.4) is 0 Å². The standard InChI is InChI=1S/C13H27N/c1-4-5-7-13(8-6-9-13)11-14-10-12(2)3/h12,14H,4-11H2,1-3H3. The maximum absolute atomic E-state index is 3.64. The third kappa shape index (κ3) is 3.61. The summed E-state index contributed by atoms with van der Waals surface area (Å²) >= 11 is 0. The zero-order valence-electron chi connectivity index (χ0n) is 10.2. The van der Waals surface area contributed by atoms with Gasteiger partial charge in [0.25, 0.3) is 0 Å². The highest BCUT2D eigenvalue weighted by molar-refractivity contribution is 4.89. The van der Waals surface area contributed by atoms with Gasteiger partial charge in [-0.1, -0.05) is 40.0 Å². The number of nitrogens with one attached hydrogen (secondary N) is 1.